The molecule has 1 aliphatic rings. The van der Waals surface area contributed by atoms with Crippen molar-refractivity contribution < 1.29 is 38.5 Å². The predicted molar refractivity (Wildman–Crippen MR) is 143 cm³/mol. The number of amides is 1. The van der Waals surface area contributed by atoms with Gasteiger partial charge in [0.1, 0.15) is 12.7 Å². The van der Waals surface area contributed by atoms with Gasteiger partial charge in [-0.2, -0.15) is 0 Å². The Kier molecular flexibility index (Phi) is 17.3. The fourth-order valence-electron chi connectivity index (χ4n) is 4.55. The van der Waals surface area contributed by atoms with Crippen LogP contribution >= 0.6 is 0 Å². The van der Waals surface area contributed by atoms with Crippen LogP contribution < -0.4 is 5.32 Å². The molecule has 0 radical (unpaired) electrons. The van der Waals surface area contributed by atoms with Crippen molar-refractivity contribution in [2.24, 2.45) is 5.92 Å². The molecule has 5 atom stereocenters. The number of halogens is 1. The average molecular weight is 543 g/mol. The van der Waals surface area contributed by atoms with E-state index in [1.54, 1.807) is 0 Å². The van der Waals surface area contributed by atoms with Crippen LogP contribution in [0.1, 0.15) is 104 Å². The number of nitrogens with one attached hydrogen (secondary N) is 2. The molecule has 0 bridgehead atoms. The molecule has 0 aromatic heterocycles. The topological polar surface area (TPSA) is 146 Å². The average Bonchev–Trinajstić information content (AvgIpc) is 2.89. The summed E-state index contributed by atoms with van der Waals surface area (Å²) >= 11 is 0. The third kappa shape index (κ3) is 13.3. The van der Waals surface area contributed by atoms with Crippen LogP contribution in [0.3, 0.4) is 0 Å². The first-order valence-corrected chi connectivity index (χ1v) is 14.1. The van der Waals surface area contributed by atoms with Gasteiger partial charge in [-0.3, -0.25) is 9.59 Å². The molecule has 10 heteroatoms. The number of aliphatic carboxylic acids is 1. The molecule has 0 aromatic rings. The van der Waals surface area contributed by atoms with E-state index in [9.17, 15) is 24.6 Å². The second kappa shape index (κ2) is 19.6. The molecule has 0 aliphatic carbocycles. The first-order valence-electron chi connectivity index (χ1n) is 14.1. The van der Waals surface area contributed by atoms with Crippen molar-refractivity contribution in [1.82, 2.24) is 5.32 Å². The highest BCUT2D eigenvalue weighted by atomic mass is 19.1. The van der Waals surface area contributed by atoms with Crippen LogP contribution in [0.25, 0.3) is 0 Å². The Morgan fingerprint density at radius 2 is 1.58 bits per heavy atom. The fraction of sp³-hybridized carbons (Fsp3) is 0.786. The number of hydrogen-bond acceptors (Lipinski definition) is 7. The van der Waals surface area contributed by atoms with Crippen LogP contribution in [-0.4, -0.2) is 65.3 Å². The number of esters is 1. The molecule has 0 aromatic carbocycles. The zero-order valence-corrected chi connectivity index (χ0v) is 23.0. The Balaban J connectivity index is 2.31. The van der Waals surface area contributed by atoms with Gasteiger partial charge in [-0.1, -0.05) is 84.0 Å². The molecule has 1 rings (SSSR count). The van der Waals surface area contributed by atoms with Crippen LogP contribution in [0, 0.1) is 11.3 Å². The zero-order valence-electron chi connectivity index (χ0n) is 23.0. The molecule has 1 heterocycles. The molecule has 0 saturated heterocycles. The van der Waals surface area contributed by atoms with Gasteiger partial charge in [-0.05, 0) is 12.5 Å². The Morgan fingerprint density at radius 3 is 2.05 bits per heavy atom. The minimum Gasteiger partial charge on any atom is -0.478 e. The van der Waals surface area contributed by atoms with Crippen LogP contribution in [0.2, 0.25) is 0 Å². The zero-order chi connectivity index (χ0) is 28.3. The SMILES string of the molecule is CCCCCCCCCCCCCCCC(=O)OCC(O)C(F)C1OC(C(=O)O)=CC(C=N)C1NC(C)=O. The summed E-state index contributed by atoms with van der Waals surface area (Å²) in [5, 5.41) is 29.5. The number of aliphatic hydroxyl groups excluding tert-OH is 1. The first kappa shape index (κ1) is 33.5. The van der Waals surface area contributed by atoms with E-state index in [2.05, 4.69) is 12.2 Å². The molecular formula is C28H47FN2O7. The van der Waals surface area contributed by atoms with Crippen molar-refractivity contribution in [2.45, 2.75) is 128 Å². The van der Waals surface area contributed by atoms with Gasteiger partial charge in [0.25, 0.3) is 0 Å². The highest BCUT2D eigenvalue weighted by Crippen LogP contribution is 2.27. The van der Waals surface area contributed by atoms with Crippen LogP contribution in [0.5, 0.6) is 0 Å². The Labute approximate surface area is 226 Å². The number of carbonyl (C=O) groups excluding carboxylic acids is 2. The third-order valence-corrected chi connectivity index (χ3v) is 6.73. The summed E-state index contributed by atoms with van der Waals surface area (Å²) in [6.45, 7) is 2.78. The van der Waals surface area contributed by atoms with Crippen LogP contribution in [0.15, 0.2) is 11.8 Å². The number of ether oxygens (including phenoxy) is 2. The molecule has 0 fully saturated rings. The van der Waals surface area contributed by atoms with E-state index < -0.39 is 60.6 Å². The Morgan fingerprint density at radius 1 is 1.05 bits per heavy atom. The smallest absolute Gasteiger partial charge is 0.370 e. The second-order valence-corrected chi connectivity index (χ2v) is 10.1. The standard InChI is InChI=1S/C28H47FN2O7/c1-3-4-5-6-7-8-9-10-11-12-13-14-15-16-24(34)37-19-22(33)25(29)27-26(31-20(2)32)21(18-30)17-23(38-27)28(35)36/h17-18,21-22,25-27,30,33H,3-16,19H2,1-2H3,(H,31,32)(H,35,36). The van der Waals surface area contributed by atoms with Crippen molar-refractivity contribution in [3.8, 4) is 0 Å². The fourth-order valence-corrected chi connectivity index (χ4v) is 4.55. The molecule has 1 amide bonds. The van der Waals surface area contributed by atoms with Gasteiger partial charge in [0.2, 0.25) is 11.7 Å². The van der Waals surface area contributed by atoms with E-state index >= 15 is 4.39 Å². The summed E-state index contributed by atoms with van der Waals surface area (Å²) in [6, 6.07) is -1.11. The van der Waals surface area contributed by atoms with Gasteiger partial charge in [0, 0.05) is 25.5 Å². The number of unbranched alkanes of at least 4 members (excludes halogenated alkanes) is 12. The number of rotatable bonds is 21. The van der Waals surface area contributed by atoms with E-state index in [0.29, 0.717) is 6.42 Å². The number of alkyl halides is 1. The summed E-state index contributed by atoms with van der Waals surface area (Å²) in [5.41, 5.74) is 0. The van der Waals surface area contributed by atoms with Gasteiger partial charge in [0.15, 0.2) is 12.3 Å². The van der Waals surface area contributed by atoms with Crippen molar-refractivity contribution >= 4 is 24.1 Å². The molecule has 4 N–H and O–H groups in total. The molecule has 0 saturated carbocycles. The van der Waals surface area contributed by atoms with E-state index in [-0.39, 0.29) is 6.42 Å². The van der Waals surface area contributed by atoms with Gasteiger partial charge in [-0.15, -0.1) is 0 Å². The number of carboxylic acids is 1. The minimum absolute atomic E-state index is 0.164. The lowest BCUT2D eigenvalue weighted by atomic mass is 9.88. The maximum Gasteiger partial charge on any atom is 0.370 e. The van der Waals surface area contributed by atoms with Gasteiger partial charge < -0.3 is 30.4 Å². The predicted octanol–water partition coefficient (Wildman–Crippen LogP) is 4.85. The number of aliphatic hydroxyl groups is 1. The van der Waals surface area contributed by atoms with E-state index in [1.807, 2.05) is 0 Å². The highest BCUT2D eigenvalue weighted by Gasteiger charge is 2.44. The van der Waals surface area contributed by atoms with E-state index in [0.717, 1.165) is 31.6 Å². The molecular weight excluding hydrogens is 495 g/mol. The molecule has 218 valence electrons. The summed E-state index contributed by atoms with van der Waals surface area (Å²) in [4.78, 5) is 35.0. The van der Waals surface area contributed by atoms with E-state index in [1.165, 1.54) is 64.7 Å². The minimum atomic E-state index is -2.18. The van der Waals surface area contributed by atoms with Crippen molar-refractivity contribution in [1.29, 1.82) is 5.41 Å². The molecule has 38 heavy (non-hydrogen) atoms. The van der Waals surface area contributed by atoms with Crippen LogP contribution in [0.4, 0.5) is 4.39 Å². The largest absolute Gasteiger partial charge is 0.478 e. The molecule has 9 nitrogen and oxygen atoms in total. The van der Waals surface area contributed by atoms with Gasteiger partial charge in [-0.25, -0.2) is 9.18 Å². The number of carbonyl (C=O) groups is 3. The van der Waals surface area contributed by atoms with Crippen molar-refractivity contribution in [3.63, 3.8) is 0 Å². The quantitative estimate of drug-likeness (QED) is 0.0921. The first-order chi connectivity index (χ1) is 18.2. The maximum absolute atomic E-state index is 15.1. The molecule has 1 aliphatic heterocycles. The highest BCUT2D eigenvalue weighted by molar-refractivity contribution is 5.86. The number of hydrogen-bond donors (Lipinski definition) is 4. The molecule has 5 unspecified atom stereocenters. The van der Waals surface area contributed by atoms with Crippen molar-refractivity contribution in [2.75, 3.05) is 6.61 Å². The van der Waals surface area contributed by atoms with Crippen molar-refractivity contribution in [3.05, 3.63) is 11.8 Å². The molecule has 0 spiro atoms. The Hall–Kier alpha value is -2.49. The maximum atomic E-state index is 15.1. The Bertz CT molecular complexity index is 761. The van der Waals surface area contributed by atoms with Crippen LogP contribution in [-0.2, 0) is 23.9 Å². The third-order valence-electron chi connectivity index (χ3n) is 6.73. The number of carboxylic acid groups (broad SMARTS) is 1. The summed E-state index contributed by atoms with van der Waals surface area (Å²) < 4.78 is 25.4. The lowest BCUT2D eigenvalue weighted by molar-refractivity contribution is -0.151. The summed E-state index contributed by atoms with van der Waals surface area (Å²) in [6.07, 6.45) is 11.9. The normalized spacial score (nSPS) is 20.5. The second-order valence-electron chi connectivity index (χ2n) is 10.1. The van der Waals surface area contributed by atoms with E-state index in [4.69, 9.17) is 14.9 Å². The summed E-state index contributed by atoms with van der Waals surface area (Å²) in [5.74, 6) is -4.08. The summed E-state index contributed by atoms with van der Waals surface area (Å²) in [7, 11) is 0. The van der Waals surface area contributed by atoms with Gasteiger partial charge in [0.05, 0.1) is 6.04 Å². The van der Waals surface area contributed by atoms with Gasteiger partial charge >= 0.3 is 11.9 Å². The monoisotopic (exact) mass is 542 g/mol. The lowest BCUT2D eigenvalue weighted by Crippen LogP contribution is -2.57. The lowest BCUT2D eigenvalue weighted by Gasteiger charge is -2.37.